The van der Waals surface area contributed by atoms with Gasteiger partial charge in [0.1, 0.15) is 18.4 Å². The summed E-state index contributed by atoms with van der Waals surface area (Å²) in [5.74, 6) is -2.19. The molecule has 13 heteroatoms. The summed E-state index contributed by atoms with van der Waals surface area (Å²) in [6.45, 7) is 2.16. The zero-order valence-corrected chi connectivity index (χ0v) is 27.7. The summed E-state index contributed by atoms with van der Waals surface area (Å²) in [6, 6.07) is 22.2. The van der Waals surface area contributed by atoms with Crippen LogP contribution in [-0.4, -0.2) is 43.8 Å². The Morgan fingerprint density at radius 3 is 2.10 bits per heavy atom. The van der Waals surface area contributed by atoms with E-state index in [4.69, 9.17) is 11.6 Å². The van der Waals surface area contributed by atoms with Gasteiger partial charge in [-0.05, 0) is 55.3 Å². The van der Waals surface area contributed by atoms with Gasteiger partial charge in [0.25, 0.3) is 10.0 Å². The molecule has 0 aliphatic heterocycles. The Morgan fingerprint density at radius 1 is 0.896 bits per heavy atom. The second-order valence-electron chi connectivity index (χ2n) is 11.1. The molecule has 0 radical (unpaired) electrons. The standard InChI is InChI=1S/C35H34ClF4N3O4S/c1-3-24(2)41-34(45)32(20-25-12-6-4-7-13-25)42(22-26-14-10-11-17-31(26)37)33(44)23-43(48(46,47)28-15-8-5-9-16-28)27-18-19-30(36)29(21-27)35(38,39)40/h4-19,21,24,32H,3,20,22-23H2,1-2H3,(H,41,45)/t24-,32-/m1/s1. The van der Waals surface area contributed by atoms with Crippen LogP contribution in [0.5, 0.6) is 0 Å². The van der Waals surface area contributed by atoms with Crippen molar-refractivity contribution < 1.29 is 35.6 Å². The normalized spacial score (nSPS) is 13.0. The third kappa shape index (κ3) is 8.93. The molecule has 48 heavy (non-hydrogen) atoms. The van der Waals surface area contributed by atoms with E-state index in [1.807, 2.05) is 6.92 Å². The predicted octanol–water partition coefficient (Wildman–Crippen LogP) is 7.25. The molecule has 0 aromatic heterocycles. The molecule has 254 valence electrons. The zero-order chi connectivity index (χ0) is 35.1. The second-order valence-corrected chi connectivity index (χ2v) is 13.4. The number of carbonyl (C=O) groups is 2. The number of alkyl halides is 3. The molecular formula is C35H34ClF4N3O4S. The lowest BCUT2D eigenvalue weighted by molar-refractivity contribution is -0.140. The molecule has 0 fully saturated rings. The van der Waals surface area contributed by atoms with Crippen molar-refractivity contribution in [2.75, 3.05) is 10.8 Å². The van der Waals surface area contributed by atoms with Crippen LogP contribution >= 0.6 is 11.6 Å². The molecule has 0 aliphatic carbocycles. The van der Waals surface area contributed by atoms with Crippen LogP contribution in [0.4, 0.5) is 23.2 Å². The van der Waals surface area contributed by atoms with Gasteiger partial charge in [-0.1, -0.05) is 85.3 Å². The van der Waals surface area contributed by atoms with Gasteiger partial charge in [0.05, 0.1) is 21.2 Å². The maximum atomic E-state index is 15.0. The number of nitrogens with zero attached hydrogens (tertiary/aromatic N) is 2. The molecule has 0 saturated carbocycles. The van der Waals surface area contributed by atoms with E-state index in [2.05, 4.69) is 5.32 Å². The Hall–Kier alpha value is -4.42. The van der Waals surface area contributed by atoms with Crippen molar-refractivity contribution in [1.82, 2.24) is 10.2 Å². The number of rotatable bonds is 13. The van der Waals surface area contributed by atoms with Gasteiger partial charge < -0.3 is 10.2 Å². The highest BCUT2D eigenvalue weighted by atomic mass is 35.5. The average Bonchev–Trinajstić information content (AvgIpc) is 3.06. The van der Waals surface area contributed by atoms with Crippen molar-refractivity contribution in [2.45, 2.75) is 56.4 Å². The van der Waals surface area contributed by atoms with Crippen molar-refractivity contribution >= 4 is 39.1 Å². The third-order valence-corrected chi connectivity index (χ3v) is 9.84. The van der Waals surface area contributed by atoms with Gasteiger partial charge >= 0.3 is 6.18 Å². The van der Waals surface area contributed by atoms with Crippen molar-refractivity contribution in [3.63, 3.8) is 0 Å². The fourth-order valence-corrected chi connectivity index (χ4v) is 6.59. The summed E-state index contributed by atoms with van der Waals surface area (Å²) in [5.41, 5.74) is -1.09. The van der Waals surface area contributed by atoms with Gasteiger partial charge in [-0.25, -0.2) is 12.8 Å². The zero-order valence-electron chi connectivity index (χ0n) is 26.1. The fourth-order valence-electron chi connectivity index (χ4n) is 4.94. The van der Waals surface area contributed by atoms with E-state index in [1.165, 1.54) is 42.5 Å². The summed E-state index contributed by atoms with van der Waals surface area (Å²) in [6.07, 6.45) is -4.40. The molecule has 7 nitrogen and oxygen atoms in total. The molecule has 0 aliphatic rings. The first kappa shape index (κ1) is 36.4. The highest BCUT2D eigenvalue weighted by Crippen LogP contribution is 2.38. The lowest BCUT2D eigenvalue weighted by Gasteiger charge is -2.34. The SMILES string of the molecule is CC[C@@H](C)NC(=O)[C@@H](Cc1ccccc1)N(Cc1ccccc1F)C(=O)CN(c1ccc(Cl)c(C(F)(F)F)c1)S(=O)(=O)c1ccccc1. The van der Waals surface area contributed by atoms with Gasteiger partial charge in [-0.15, -0.1) is 0 Å². The Morgan fingerprint density at radius 2 is 1.50 bits per heavy atom. The van der Waals surface area contributed by atoms with E-state index in [1.54, 1.807) is 49.4 Å². The van der Waals surface area contributed by atoms with Crippen molar-refractivity contribution in [3.8, 4) is 0 Å². The minimum absolute atomic E-state index is 0.0199. The molecule has 0 spiro atoms. The highest BCUT2D eigenvalue weighted by Gasteiger charge is 2.38. The van der Waals surface area contributed by atoms with Crippen LogP contribution in [0.15, 0.2) is 108 Å². The molecular weight excluding hydrogens is 670 g/mol. The lowest BCUT2D eigenvalue weighted by Crippen LogP contribution is -2.54. The van der Waals surface area contributed by atoms with E-state index in [0.717, 1.165) is 17.0 Å². The van der Waals surface area contributed by atoms with Gasteiger partial charge in [0.2, 0.25) is 11.8 Å². The van der Waals surface area contributed by atoms with E-state index >= 15 is 4.39 Å². The minimum Gasteiger partial charge on any atom is -0.352 e. The first-order valence-electron chi connectivity index (χ1n) is 15.0. The summed E-state index contributed by atoms with van der Waals surface area (Å²) in [4.78, 5) is 29.0. The average molecular weight is 704 g/mol. The molecule has 0 heterocycles. The van der Waals surface area contributed by atoms with E-state index in [9.17, 15) is 31.2 Å². The lowest BCUT2D eigenvalue weighted by atomic mass is 10.0. The quantitative estimate of drug-likeness (QED) is 0.149. The van der Waals surface area contributed by atoms with Crippen LogP contribution in [0.25, 0.3) is 0 Å². The maximum Gasteiger partial charge on any atom is 0.417 e. The Kier molecular flexibility index (Phi) is 11.9. The van der Waals surface area contributed by atoms with Crippen molar-refractivity contribution in [1.29, 1.82) is 0 Å². The summed E-state index contributed by atoms with van der Waals surface area (Å²) < 4.78 is 85.4. The van der Waals surface area contributed by atoms with Crippen LogP contribution in [0, 0.1) is 5.82 Å². The number of carbonyl (C=O) groups excluding carboxylic acids is 2. The van der Waals surface area contributed by atoms with Crippen LogP contribution in [-0.2, 0) is 38.8 Å². The number of benzene rings is 4. The van der Waals surface area contributed by atoms with Gasteiger partial charge in [-0.2, -0.15) is 13.2 Å². The predicted molar refractivity (Wildman–Crippen MR) is 176 cm³/mol. The summed E-state index contributed by atoms with van der Waals surface area (Å²) in [5, 5.41) is 2.19. The van der Waals surface area contributed by atoms with Gasteiger partial charge in [-0.3, -0.25) is 13.9 Å². The summed E-state index contributed by atoms with van der Waals surface area (Å²) >= 11 is 5.84. The number of hydrogen-bond donors (Lipinski definition) is 1. The number of anilines is 1. The molecule has 0 saturated heterocycles. The third-order valence-electron chi connectivity index (χ3n) is 7.72. The van der Waals surface area contributed by atoms with E-state index in [-0.39, 0.29) is 22.9 Å². The van der Waals surface area contributed by atoms with Crippen molar-refractivity contribution in [2.24, 2.45) is 0 Å². The number of halogens is 5. The van der Waals surface area contributed by atoms with Crippen molar-refractivity contribution in [3.05, 3.63) is 131 Å². The molecule has 1 N–H and O–H groups in total. The Bertz CT molecular complexity index is 1830. The Labute approximate surface area is 282 Å². The molecule has 4 aromatic rings. The summed E-state index contributed by atoms with van der Waals surface area (Å²) in [7, 11) is -4.67. The molecule has 0 unspecified atom stereocenters. The van der Waals surface area contributed by atoms with Crippen LogP contribution in [0.2, 0.25) is 5.02 Å². The van der Waals surface area contributed by atoms with E-state index in [0.29, 0.717) is 22.4 Å². The Balaban J connectivity index is 1.87. The van der Waals surface area contributed by atoms with Crippen LogP contribution in [0.3, 0.4) is 0 Å². The molecule has 0 bridgehead atoms. The fraction of sp³-hybridized carbons (Fsp3) is 0.257. The number of amides is 2. The maximum absolute atomic E-state index is 15.0. The van der Waals surface area contributed by atoms with Gasteiger partial charge in [0.15, 0.2) is 0 Å². The first-order chi connectivity index (χ1) is 22.7. The largest absolute Gasteiger partial charge is 0.417 e. The second kappa shape index (κ2) is 15.7. The molecule has 2 amide bonds. The number of hydrogen-bond acceptors (Lipinski definition) is 4. The topological polar surface area (TPSA) is 86.8 Å². The van der Waals surface area contributed by atoms with Crippen LogP contribution in [0.1, 0.15) is 37.0 Å². The van der Waals surface area contributed by atoms with Crippen LogP contribution < -0.4 is 9.62 Å². The number of nitrogens with one attached hydrogen (secondary N) is 1. The smallest absolute Gasteiger partial charge is 0.352 e. The van der Waals surface area contributed by atoms with Gasteiger partial charge in [0, 0.05) is 24.6 Å². The molecule has 4 rings (SSSR count). The van der Waals surface area contributed by atoms with E-state index < -0.39 is 69.2 Å². The molecule has 2 atom stereocenters. The first-order valence-corrected chi connectivity index (χ1v) is 16.9. The minimum atomic E-state index is -4.94. The monoisotopic (exact) mass is 703 g/mol. The number of sulfonamides is 1. The molecule has 4 aromatic carbocycles. The highest BCUT2D eigenvalue weighted by molar-refractivity contribution is 7.92.